The van der Waals surface area contributed by atoms with Gasteiger partial charge in [0.2, 0.25) is 5.13 Å². The summed E-state index contributed by atoms with van der Waals surface area (Å²) in [6.07, 6.45) is 6.65. The maximum absolute atomic E-state index is 10.4. The van der Waals surface area contributed by atoms with Crippen LogP contribution in [0.4, 0.5) is 5.13 Å². The van der Waals surface area contributed by atoms with E-state index in [0.29, 0.717) is 28.7 Å². The van der Waals surface area contributed by atoms with Gasteiger partial charge in [0.15, 0.2) is 4.34 Å². The van der Waals surface area contributed by atoms with Gasteiger partial charge < -0.3 is 15.2 Å². The summed E-state index contributed by atoms with van der Waals surface area (Å²) in [5, 5.41) is 20.3. The molecule has 0 bridgehead atoms. The third-order valence-corrected chi connectivity index (χ3v) is 5.01. The first-order valence-electron chi connectivity index (χ1n) is 6.77. The number of aromatic nitrogens is 2. The molecule has 2 N–H and O–H groups in total. The molecular weight excluding hydrogens is 298 g/mol. The third kappa shape index (κ3) is 5.64. The molecule has 0 spiro atoms. The van der Waals surface area contributed by atoms with Crippen molar-refractivity contribution in [1.82, 2.24) is 10.2 Å². The third-order valence-electron chi connectivity index (χ3n) is 3.01. The number of nitrogens with one attached hydrogen (secondary N) is 1. The molecule has 20 heavy (non-hydrogen) atoms. The van der Waals surface area contributed by atoms with Gasteiger partial charge in [0.25, 0.3) is 0 Å². The van der Waals surface area contributed by atoms with E-state index in [4.69, 9.17) is 9.84 Å². The standard InChI is InChI=1S/C12H19N3O3S2/c16-10(17)8-19-12-15-14-11(20-12)13-6-7-18-9-4-2-1-3-5-9/h9H,1-8H2,(H,13,14)(H,16,17). The Labute approximate surface area is 126 Å². The van der Waals surface area contributed by atoms with Gasteiger partial charge in [-0.3, -0.25) is 4.79 Å². The van der Waals surface area contributed by atoms with E-state index in [2.05, 4.69) is 15.5 Å². The van der Waals surface area contributed by atoms with Gasteiger partial charge in [-0.1, -0.05) is 42.4 Å². The number of carboxylic acid groups (broad SMARTS) is 1. The van der Waals surface area contributed by atoms with E-state index in [9.17, 15) is 4.79 Å². The van der Waals surface area contributed by atoms with Gasteiger partial charge >= 0.3 is 5.97 Å². The van der Waals surface area contributed by atoms with Crippen LogP contribution in [0, 0.1) is 0 Å². The predicted octanol–water partition coefficient (Wildman–Crippen LogP) is 2.48. The minimum atomic E-state index is -0.847. The molecule has 0 amide bonds. The van der Waals surface area contributed by atoms with Crippen molar-refractivity contribution >= 4 is 34.2 Å². The summed E-state index contributed by atoms with van der Waals surface area (Å²) in [5.74, 6) is -0.833. The lowest BCUT2D eigenvalue weighted by molar-refractivity contribution is -0.133. The van der Waals surface area contributed by atoms with E-state index in [1.54, 1.807) is 0 Å². The molecule has 0 aliphatic heterocycles. The van der Waals surface area contributed by atoms with E-state index >= 15 is 0 Å². The van der Waals surface area contributed by atoms with Gasteiger partial charge in [-0.05, 0) is 12.8 Å². The molecular formula is C12H19N3O3S2. The van der Waals surface area contributed by atoms with Crippen LogP contribution in [-0.2, 0) is 9.53 Å². The lowest BCUT2D eigenvalue weighted by atomic mass is 9.98. The molecule has 2 rings (SSSR count). The Morgan fingerprint density at radius 2 is 2.20 bits per heavy atom. The second kappa shape index (κ2) is 8.43. The molecule has 0 atom stereocenters. The maximum atomic E-state index is 10.4. The van der Waals surface area contributed by atoms with Gasteiger partial charge in [0, 0.05) is 6.54 Å². The van der Waals surface area contributed by atoms with Crippen molar-refractivity contribution in [2.45, 2.75) is 42.5 Å². The Balaban J connectivity index is 1.60. The van der Waals surface area contributed by atoms with Crippen molar-refractivity contribution in [2.24, 2.45) is 0 Å². The molecule has 1 aliphatic rings. The number of aliphatic carboxylic acids is 1. The minimum Gasteiger partial charge on any atom is -0.481 e. The lowest BCUT2D eigenvalue weighted by Gasteiger charge is -2.21. The molecule has 1 heterocycles. The first-order chi connectivity index (χ1) is 9.74. The van der Waals surface area contributed by atoms with Crippen molar-refractivity contribution < 1.29 is 14.6 Å². The second-order valence-corrected chi connectivity index (χ2v) is 6.81. The molecule has 1 saturated carbocycles. The fourth-order valence-corrected chi connectivity index (χ4v) is 3.58. The van der Waals surface area contributed by atoms with Crippen LogP contribution < -0.4 is 5.32 Å². The fourth-order valence-electron chi connectivity index (χ4n) is 2.08. The molecule has 0 aromatic carbocycles. The summed E-state index contributed by atoms with van der Waals surface area (Å²) in [4.78, 5) is 10.4. The maximum Gasteiger partial charge on any atom is 0.313 e. The first-order valence-corrected chi connectivity index (χ1v) is 8.58. The van der Waals surface area contributed by atoms with Crippen LogP contribution >= 0.6 is 23.1 Å². The minimum absolute atomic E-state index is 0.0133. The van der Waals surface area contributed by atoms with E-state index in [0.717, 1.165) is 0 Å². The van der Waals surface area contributed by atoms with Crippen molar-refractivity contribution in [3.63, 3.8) is 0 Å². The Morgan fingerprint density at radius 3 is 2.95 bits per heavy atom. The first kappa shape index (κ1) is 15.5. The van der Waals surface area contributed by atoms with Crippen LogP contribution in [0.3, 0.4) is 0 Å². The highest BCUT2D eigenvalue weighted by molar-refractivity contribution is 8.01. The van der Waals surface area contributed by atoms with Crippen molar-refractivity contribution in [2.75, 3.05) is 24.2 Å². The van der Waals surface area contributed by atoms with Crippen molar-refractivity contribution in [3.8, 4) is 0 Å². The zero-order valence-corrected chi connectivity index (χ0v) is 12.8. The quantitative estimate of drug-likeness (QED) is 0.563. The zero-order chi connectivity index (χ0) is 14.2. The van der Waals surface area contributed by atoms with Crippen molar-refractivity contribution in [3.05, 3.63) is 0 Å². The molecule has 1 aromatic heterocycles. The lowest BCUT2D eigenvalue weighted by Crippen LogP contribution is -2.20. The zero-order valence-electron chi connectivity index (χ0n) is 11.2. The van der Waals surface area contributed by atoms with Gasteiger partial charge in [-0.25, -0.2) is 0 Å². The highest BCUT2D eigenvalue weighted by Gasteiger charge is 2.13. The van der Waals surface area contributed by atoms with Crippen LogP contribution in [0.15, 0.2) is 4.34 Å². The molecule has 1 aliphatic carbocycles. The Morgan fingerprint density at radius 1 is 1.40 bits per heavy atom. The summed E-state index contributed by atoms with van der Waals surface area (Å²) in [7, 11) is 0. The van der Waals surface area contributed by atoms with E-state index in [1.807, 2.05) is 0 Å². The Bertz CT molecular complexity index is 422. The number of hydrogen-bond acceptors (Lipinski definition) is 7. The van der Waals surface area contributed by atoms with Gasteiger partial charge in [0.05, 0.1) is 18.5 Å². The number of thioether (sulfide) groups is 1. The number of ether oxygens (including phenoxy) is 1. The average Bonchev–Trinajstić information content (AvgIpc) is 2.90. The molecule has 1 aromatic rings. The molecule has 6 nitrogen and oxygen atoms in total. The Kier molecular flexibility index (Phi) is 6.55. The highest BCUT2D eigenvalue weighted by Crippen LogP contribution is 2.25. The number of carbonyl (C=O) groups is 1. The molecule has 0 saturated heterocycles. The SMILES string of the molecule is O=C(O)CSc1nnc(NCCOC2CCCCC2)s1. The molecule has 8 heteroatoms. The number of rotatable bonds is 8. The van der Waals surface area contributed by atoms with Gasteiger partial charge in [-0.2, -0.15) is 0 Å². The van der Waals surface area contributed by atoms with Crippen molar-refractivity contribution in [1.29, 1.82) is 0 Å². The van der Waals surface area contributed by atoms with Crippen LogP contribution in [-0.4, -0.2) is 46.3 Å². The summed E-state index contributed by atoms with van der Waals surface area (Å²) in [6, 6.07) is 0. The number of hydrogen-bond donors (Lipinski definition) is 2. The normalized spacial score (nSPS) is 16.2. The molecule has 1 fully saturated rings. The van der Waals surface area contributed by atoms with Gasteiger partial charge in [-0.15, -0.1) is 10.2 Å². The summed E-state index contributed by atoms with van der Waals surface area (Å²) in [6.45, 7) is 1.37. The number of nitrogens with zero attached hydrogens (tertiary/aromatic N) is 2. The smallest absolute Gasteiger partial charge is 0.313 e. The fraction of sp³-hybridized carbons (Fsp3) is 0.750. The second-order valence-electron chi connectivity index (χ2n) is 4.61. The monoisotopic (exact) mass is 317 g/mol. The van der Waals surface area contributed by atoms with Crippen LogP contribution in [0.1, 0.15) is 32.1 Å². The molecule has 112 valence electrons. The molecule has 0 unspecified atom stereocenters. The van der Waals surface area contributed by atoms with E-state index in [1.165, 1.54) is 55.2 Å². The van der Waals surface area contributed by atoms with E-state index in [-0.39, 0.29) is 5.75 Å². The van der Waals surface area contributed by atoms with Crippen LogP contribution in [0.25, 0.3) is 0 Å². The largest absolute Gasteiger partial charge is 0.481 e. The highest BCUT2D eigenvalue weighted by atomic mass is 32.2. The number of carboxylic acids is 1. The summed E-state index contributed by atoms with van der Waals surface area (Å²) >= 11 is 2.56. The molecule has 0 radical (unpaired) electrons. The van der Waals surface area contributed by atoms with Crippen LogP contribution in [0.5, 0.6) is 0 Å². The summed E-state index contributed by atoms with van der Waals surface area (Å²) < 4.78 is 6.47. The van der Waals surface area contributed by atoms with E-state index < -0.39 is 5.97 Å². The predicted molar refractivity (Wildman–Crippen MR) is 79.6 cm³/mol. The Hall–Kier alpha value is -0.860. The summed E-state index contributed by atoms with van der Waals surface area (Å²) in [5.41, 5.74) is 0. The average molecular weight is 317 g/mol. The topological polar surface area (TPSA) is 84.3 Å². The number of anilines is 1. The van der Waals surface area contributed by atoms with Gasteiger partial charge in [0.1, 0.15) is 0 Å². The van der Waals surface area contributed by atoms with Crippen LogP contribution in [0.2, 0.25) is 0 Å².